The summed E-state index contributed by atoms with van der Waals surface area (Å²) in [5.41, 5.74) is 0. The second kappa shape index (κ2) is 49.7. The predicted molar refractivity (Wildman–Crippen MR) is 268 cm³/mol. The quantitative estimate of drug-likeness (QED) is 0.0270. The Morgan fingerprint density at radius 2 is 0.812 bits per heavy atom. The van der Waals surface area contributed by atoms with Gasteiger partial charge in [-0.1, -0.05) is 205 Å². The molecule has 64 heavy (non-hydrogen) atoms. The van der Waals surface area contributed by atoms with Crippen LogP contribution in [0.5, 0.6) is 0 Å². The number of aliphatic hydroxyl groups excluding tert-OH is 1. The second-order valence-corrected chi connectivity index (χ2v) is 18.7. The van der Waals surface area contributed by atoms with Crippen molar-refractivity contribution in [2.45, 2.75) is 289 Å². The molecule has 2 amide bonds. The molecule has 0 aliphatic heterocycles. The van der Waals surface area contributed by atoms with Crippen LogP contribution in [0.15, 0.2) is 24.3 Å². The van der Waals surface area contributed by atoms with Crippen LogP contribution in [0.4, 0.5) is 0 Å². The van der Waals surface area contributed by atoms with Gasteiger partial charge in [-0.3, -0.25) is 14.4 Å². The van der Waals surface area contributed by atoms with Crippen LogP contribution in [-0.2, 0) is 23.9 Å². The van der Waals surface area contributed by atoms with Crippen LogP contribution in [0.1, 0.15) is 277 Å². The van der Waals surface area contributed by atoms with Crippen LogP contribution < -0.4 is 10.6 Å². The number of carbonyl (C=O) groups excluding carboxylic acids is 3. The van der Waals surface area contributed by atoms with Crippen LogP contribution in [0, 0.1) is 0 Å². The highest BCUT2D eigenvalue weighted by molar-refractivity contribution is 5.87. The minimum absolute atomic E-state index is 0.0434. The fourth-order valence-electron chi connectivity index (χ4n) is 8.24. The van der Waals surface area contributed by atoms with Crippen molar-refractivity contribution in [2.75, 3.05) is 13.2 Å². The van der Waals surface area contributed by atoms with E-state index in [-0.39, 0.29) is 24.5 Å². The summed E-state index contributed by atoms with van der Waals surface area (Å²) in [7, 11) is 0. The molecule has 9 heteroatoms. The molecule has 0 bridgehead atoms. The first kappa shape index (κ1) is 61.3. The van der Waals surface area contributed by atoms with Crippen molar-refractivity contribution >= 4 is 23.8 Å². The molecule has 0 aromatic rings. The van der Waals surface area contributed by atoms with E-state index < -0.39 is 24.5 Å². The lowest BCUT2D eigenvalue weighted by molar-refractivity contribution is -0.150. The number of hydrogen-bond acceptors (Lipinski definition) is 6. The molecule has 0 saturated carbocycles. The third-order valence-corrected chi connectivity index (χ3v) is 12.4. The van der Waals surface area contributed by atoms with E-state index in [2.05, 4.69) is 48.8 Å². The van der Waals surface area contributed by atoms with Crippen molar-refractivity contribution in [3.8, 4) is 0 Å². The summed E-state index contributed by atoms with van der Waals surface area (Å²) in [6.45, 7) is 3.51. The molecule has 0 aliphatic carbocycles. The van der Waals surface area contributed by atoms with Gasteiger partial charge in [-0.15, -0.1) is 0 Å². The first-order chi connectivity index (χ1) is 31.3. The normalized spacial score (nSPS) is 12.5. The van der Waals surface area contributed by atoms with Gasteiger partial charge >= 0.3 is 11.9 Å². The average Bonchev–Trinajstić information content (AvgIpc) is 3.28. The molecule has 2 atom stereocenters. The molecule has 0 aromatic heterocycles. The number of unbranched alkanes of at least 4 members (excludes halogenated alkanes) is 32. The van der Waals surface area contributed by atoms with Gasteiger partial charge in [-0.05, 0) is 83.5 Å². The SMILES string of the molecule is CCCCCCCCCC/C=C\CCCCCCCCCCCCCC(=O)OC(CCC/C=C\CCCCCCCCCC)CCCCCCCC(=O)NCC(=O)NC(CO)C(=O)O. The summed E-state index contributed by atoms with van der Waals surface area (Å²) >= 11 is 0. The number of ether oxygens (including phenoxy) is 1. The summed E-state index contributed by atoms with van der Waals surface area (Å²) in [5.74, 6) is -2.30. The maximum Gasteiger partial charge on any atom is 0.328 e. The van der Waals surface area contributed by atoms with Crippen molar-refractivity contribution in [3.63, 3.8) is 0 Å². The van der Waals surface area contributed by atoms with E-state index in [1.807, 2.05) is 0 Å². The molecule has 0 radical (unpaired) electrons. The summed E-state index contributed by atoms with van der Waals surface area (Å²) in [4.78, 5) is 47.8. The van der Waals surface area contributed by atoms with Gasteiger partial charge in [0, 0.05) is 12.8 Å². The minimum atomic E-state index is -1.38. The molecule has 0 saturated heterocycles. The summed E-state index contributed by atoms with van der Waals surface area (Å²) in [6, 6.07) is -1.38. The maximum absolute atomic E-state index is 12.9. The lowest BCUT2D eigenvalue weighted by Crippen LogP contribution is -2.47. The molecule has 9 nitrogen and oxygen atoms in total. The maximum atomic E-state index is 12.9. The number of esters is 1. The molecule has 0 spiro atoms. The molecule has 374 valence electrons. The molecule has 0 fully saturated rings. The molecule has 4 N–H and O–H groups in total. The van der Waals surface area contributed by atoms with E-state index in [0.29, 0.717) is 19.3 Å². The first-order valence-corrected chi connectivity index (χ1v) is 27.2. The number of carbonyl (C=O) groups is 4. The molecule has 0 aliphatic rings. The molecular weight excluding hydrogens is 801 g/mol. The van der Waals surface area contributed by atoms with Crippen LogP contribution >= 0.6 is 0 Å². The Morgan fingerprint density at radius 1 is 0.453 bits per heavy atom. The number of nitrogens with one attached hydrogen (secondary N) is 2. The van der Waals surface area contributed by atoms with Gasteiger partial charge in [0.1, 0.15) is 12.1 Å². The summed E-state index contributed by atoms with van der Waals surface area (Å²) < 4.78 is 6.06. The smallest absolute Gasteiger partial charge is 0.328 e. The number of aliphatic carboxylic acids is 1. The Hall–Kier alpha value is -2.68. The zero-order valence-corrected chi connectivity index (χ0v) is 41.8. The van der Waals surface area contributed by atoms with Crippen LogP contribution in [0.3, 0.4) is 0 Å². The third-order valence-electron chi connectivity index (χ3n) is 12.4. The molecule has 0 rings (SSSR count). The van der Waals surface area contributed by atoms with Gasteiger partial charge in [0.15, 0.2) is 0 Å². The highest BCUT2D eigenvalue weighted by Crippen LogP contribution is 2.19. The Labute approximate surface area is 394 Å². The standard InChI is InChI=1S/C55H102N2O7/c1-3-5-7-9-11-13-15-17-18-19-20-21-22-23-24-25-26-28-30-32-34-39-43-47-54(61)64-50(44-40-36-33-31-29-27-16-14-12-10-8-6-4-2)45-41-37-35-38-42-46-52(59)56-48-53(60)57-51(49-58)55(62)63/h19-20,31,33,50-51,58H,3-18,21-30,32,34-49H2,1-2H3,(H,56,59)(H,57,60)(H,62,63)/b20-19-,33-31-. The Kier molecular flexibility index (Phi) is 47.7. The molecule has 2 unspecified atom stereocenters. The second-order valence-electron chi connectivity index (χ2n) is 18.7. The first-order valence-electron chi connectivity index (χ1n) is 27.2. The molecule has 0 aromatic carbocycles. The van der Waals surface area contributed by atoms with E-state index in [4.69, 9.17) is 14.9 Å². The monoisotopic (exact) mass is 903 g/mol. The van der Waals surface area contributed by atoms with E-state index in [0.717, 1.165) is 70.6 Å². The van der Waals surface area contributed by atoms with Gasteiger partial charge < -0.3 is 25.6 Å². The Balaban J connectivity index is 4.21. The van der Waals surface area contributed by atoms with Crippen LogP contribution in [0.25, 0.3) is 0 Å². The predicted octanol–water partition coefficient (Wildman–Crippen LogP) is 14.7. The number of hydrogen-bond donors (Lipinski definition) is 4. The number of rotatable bonds is 50. The third kappa shape index (κ3) is 45.9. The number of allylic oxidation sites excluding steroid dienone is 4. The fourth-order valence-corrected chi connectivity index (χ4v) is 8.24. The van der Waals surface area contributed by atoms with Crippen molar-refractivity contribution < 1.29 is 34.1 Å². The van der Waals surface area contributed by atoms with Crippen LogP contribution in [-0.4, -0.2) is 59.3 Å². The van der Waals surface area contributed by atoms with Crippen molar-refractivity contribution in [3.05, 3.63) is 24.3 Å². The topological polar surface area (TPSA) is 142 Å². The molecular formula is C55H102N2O7. The summed E-state index contributed by atoms with van der Waals surface area (Å²) in [5, 5.41) is 22.6. The zero-order valence-electron chi connectivity index (χ0n) is 41.8. The fraction of sp³-hybridized carbons (Fsp3) is 0.855. The number of carboxylic acids is 1. The lowest BCUT2D eigenvalue weighted by Gasteiger charge is -2.18. The highest BCUT2D eigenvalue weighted by atomic mass is 16.5. The average molecular weight is 903 g/mol. The Bertz CT molecular complexity index is 1130. The number of amides is 2. The molecule has 0 heterocycles. The van der Waals surface area contributed by atoms with Gasteiger partial charge in [0.05, 0.1) is 13.2 Å². The van der Waals surface area contributed by atoms with Gasteiger partial charge in [-0.2, -0.15) is 0 Å². The van der Waals surface area contributed by atoms with E-state index in [1.54, 1.807) is 0 Å². The number of carboxylic acid groups (broad SMARTS) is 1. The van der Waals surface area contributed by atoms with Crippen molar-refractivity contribution in [1.29, 1.82) is 0 Å². The van der Waals surface area contributed by atoms with E-state index in [9.17, 15) is 19.2 Å². The van der Waals surface area contributed by atoms with E-state index in [1.165, 1.54) is 173 Å². The van der Waals surface area contributed by atoms with Crippen LogP contribution in [0.2, 0.25) is 0 Å². The minimum Gasteiger partial charge on any atom is -0.480 e. The summed E-state index contributed by atoms with van der Waals surface area (Å²) in [6.07, 6.45) is 58.0. The lowest BCUT2D eigenvalue weighted by atomic mass is 10.0. The largest absolute Gasteiger partial charge is 0.480 e. The van der Waals surface area contributed by atoms with E-state index >= 15 is 0 Å². The van der Waals surface area contributed by atoms with Crippen molar-refractivity contribution in [2.24, 2.45) is 0 Å². The highest BCUT2D eigenvalue weighted by Gasteiger charge is 2.19. The zero-order chi connectivity index (χ0) is 46.8. The number of aliphatic hydroxyl groups is 1. The van der Waals surface area contributed by atoms with Gasteiger partial charge in [-0.25, -0.2) is 4.79 Å². The van der Waals surface area contributed by atoms with Crippen molar-refractivity contribution in [1.82, 2.24) is 10.6 Å². The van der Waals surface area contributed by atoms with Gasteiger partial charge in [0.2, 0.25) is 11.8 Å². The van der Waals surface area contributed by atoms with Gasteiger partial charge in [0.25, 0.3) is 0 Å². The Morgan fingerprint density at radius 3 is 1.23 bits per heavy atom.